The zero-order valence-corrected chi connectivity index (χ0v) is 9.13. The summed E-state index contributed by atoms with van der Waals surface area (Å²) in [5, 5.41) is 3.36. The van der Waals surface area contributed by atoms with Gasteiger partial charge >= 0.3 is 0 Å². The molecule has 3 aliphatic rings. The first-order valence-electron chi connectivity index (χ1n) is 6.20. The van der Waals surface area contributed by atoms with Crippen molar-refractivity contribution >= 4 is 5.78 Å². The summed E-state index contributed by atoms with van der Waals surface area (Å²) < 4.78 is 6.20. The van der Waals surface area contributed by atoms with Crippen LogP contribution in [-0.2, 0) is 9.53 Å². The Morgan fingerprint density at radius 3 is 2.87 bits per heavy atom. The Morgan fingerprint density at radius 1 is 1.33 bits per heavy atom. The molecule has 1 spiro atoms. The van der Waals surface area contributed by atoms with Gasteiger partial charge in [-0.2, -0.15) is 0 Å². The number of nitrogens with one attached hydrogen (secondary N) is 1. The Bertz CT molecular complexity index is 271. The lowest BCUT2D eigenvalue weighted by Gasteiger charge is -2.33. The predicted molar refractivity (Wildman–Crippen MR) is 56.7 cm³/mol. The van der Waals surface area contributed by atoms with Crippen LogP contribution in [0.5, 0.6) is 0 Å². The summed E-state index contributed by atoms with van der Waals surface area (Å²) in [7, 11) is 0. The first-order chi connectivity index (χ1) is 7.29. The molecule has 3 heteroatoms. The van der Waals surface area contributed by atoms with Gasteiger partial charge in [0.2, 0.25) is 0 Å². The molecule has 0 radical (unpaired) electrons. The number of Topliss-reactive ketones (excluding diaryl/α,β-unsaturated/α-hetero) is 1. The SMILES string of the molecule is O=C1CCCC2OC3(CCNCC3)CC12. The zero-order valence-electron chi connectivity index (χ0n) is 9.13. The maximum atomic E-state index is 11.8. The van der Waals surface area contributed by atoms with Crippen LogP contribution in [-0.4, -0.2) is 30.6 Å². The third kappa shape index (κ3) is 1.62. The number of piperidine rings is 1. The molecule has 1 aliphatic carbocycles. The van der Waals surface area contributed by atoms with E-state index in [4.69, 9.17) is 4.74 Å². The molecule has 3 fully saturated rings. The van der Waals surface area contributed by atoms with E-state index in [9.17, 15) is 4.79 Å². The average Bonchev–Trinajstić information content (AvgIpc) is 2.59. The highest BCUT2D eigenvalue weighted by Crippen LogP contribution is 2.45. The van der Waals surface area contributed by atoms with E-state index in [0.29, 0.717) is 5.78 Å². The van der Waals surface area contributed by atoms with Gasteiger partial charge in [-0.05, 0) is 45.2 Å². The molecule has 1 N–H and O–H groups in total. The smallest absolute Gasteiger partial charge is 0.138 e. The number of ketones is 1. The van der Waals surface area contributed by atoms with Crippen LogP contribution >= 0.6 is 0 Å². The maximum absolute atomic E-state index is 11.8. The Balaban J connectivity index is 1.77. The highest BCUT2D eigenvalue weighted by molar-refractivity contribution is 5.82. The first kappa shape index (κ1) is 9.79. The quantitative estimate of drug-likeness (QED) is 0.653. The van der Waals surface area contributed by atoms with E-state index in [1.165, 1.54) is 0 Å². The standard InChI is InChI=1S/C12H19NO2/c14-10-2-1-3-11-9(10)8-12(15-11)4-6-13-7-5-12/h9,11,13H,1-8H2. The molecule has 84 valence electrons. The predicted octanol–water partition coefficient (Wildman–Crippen LogP) is 1.27. The summed E-state index contributed by atoms with van der Waals surface area (Å²) >= 11 is 0. The van der Waals surface area contributed by atoms with Gasteiger partial charge in [0.05, 0.1) is 11.7 Å². The summed E-state index contributed by atoms with van der Waals surface area (Å²) in [6.07, 6.45) is 6.36. The number of fused-ring (bicyclic) bond motifs is 1. The lowest BCUT2D eigenvalue weighted by atomic mass is 9.79. The minimum atomic E-state index is 0.0561. The fourth-order valence-electron chi connectivity index (χ4n) is 3.43. The summed E-state index contributed by atoms with van der Waals surface area (Å²) in [6.45, 7) is 2.10. The van der Waals surface area contributed by atoms with Crippen molar-refractivity contribution < 1.29 is 9.53 Å². The fourth-order valence-corrected chi connectivity index (χ4v) is 3.43. The highest BCUT2D eigenvalue weighted by atomic mass is 16.5. The Morgan fingerprint density at radius 2 is 2.13 bits per heavy atom. The van der Waals surface area contributed by atoms with Gasteiger partial charge in [-0.3, -0.25) is 4.79 Å². The molecule has 3 rings (SSSR count). The molecule has 0 aromatic heterocycles. The molecule has 0 bridgehead atoms. The molecular formula is C12H19NO2. The monoisotopic (exact) mass is 209 g/mol. The summed E-state index contributed by atoms with van der Waals surface area (Å²) in [5.74, 6) is 0.693. The van der Waals surface area contributed by atoms with Gasteiger partial charge in [0, 0.05) is 12.3 Å². The number of carbonyl (C=O) groups excluding carboxylic acids is 1. The summed E-state index contributed by atoms with van der Waals surface area (Å²) in [6, 6.07) is 0. The van der Waals surface area contributed by atoms with E-state index in [1.807, 2.05) is 0 Å². The number of carbonyl (C=O) groups is 1. The van der Waals surface area contributed by atoms with Gasteiger partial charge in [-0.25, -0.2) is 0 Å². The van der Waals surface area contributed by atoms with Gasteiger partial charge in [-0.15, -0.1) is 0 Å². The second kappa shape index (κ2) is 3.56. The van der Waals surface area contributed by atoms with Crippen molar-refractivity contribution in [3.63, 3.8) is 0 Å². The second-order valence-corrected chi connectivity index (χ2v) is 5.26. The topological polar surface area (TPSA) is 38.3 Å². The molecule has 0 aromatic rings. The molecule has 0 aromatic carbocycles. The van der Waals surface area contributed by atoms with Crippen LogP contribution < -0.4 is 5.32 Å². The van der Waals surface area contributed by atoms with Gasteiger partial charge < -0.3 is 10.1 Å². The molecule has 0 amide bonds. The molecular weight excluding hydrogens is 190 g/mol. The van der Waals surface area contributed by atoms with Crippen LogP contribution in [0.3, 0.4) is 0 Å². The van der Waals surface area contributed by atoms with Gasteiger partial charge in [0.1, 0.15) is 5.78 Å². The number of hydrogen-bond acceptors (Lipinski definition) is 3. The average molecular weight is 209 g/mol. The van der Waals surface area contributed by atoms with Gasteiger partial charge in [-0.1, -0.05) is 0 Å². The Kier molecular flexibility index (Phi) is 2.33. The van der Waals surface area contributed by atoms with Crippen LogP contribution in [0.15, 0.2) is 0 Å². The molecule has 1 saturated carbocycles. The van der Waals surface area contributed by atoms with Crippen LogP contribution in [0.4, 0.5) is 0 Å². The lowest BCUT2D eigenvalue weighted by Crippen LogP contribution is -2.41. The number of ether oxygens (including phenoxy) is 1. The van der Waals surface area contributed by atoms with E-state index in [0.717, 1.165) is 51.6 Å². The van der Waals surface area contributed by atoms with Crippen molar-refractivity contribution in [2.75, 3.05) is 13.1 Å². The van der Waals surface area contributed by atoms with E-state index in [-0.39, 0.29) is 17.6 Å². The van der Waals surface area contributed by atoms with E-state index >= 15 is 0 Å². The Labute approximate surface area is 90.6 Å². The molecule has 2 unspecified atom stereocenters. The molecule has 2 saturated heterocycles. The first-order valence-corrected chi connectivity index (χ1v) is 6.20. The minimum Gasteiger partial charge on any atom is -0.371 e. The summed E-state index contributed by atoms with van der Waals surface area (Å²) in [5.41, 5.74) is 0.0561. The molecule has 2 atom stereocenters. The second-order valence-electron chi connectivity index (χ2n) is 5.26. The highest BCUT2D eigenvalue weighted by Gasteiger charge is 2.49. The van der Waals surface area contributed by atoms with Crippen molar-refractivity contribution in [3.8, 4) is 0 Å². The molecule has 15 heavy (non-hydrogen) atoms. The minimum absolute atomic E-state index is 0.0561. The van der Waals surface area contributed by atoms with E-state index in [1.54, 1.807) is 0 Å². The molecule has 2 heterocycles. The largest absolute Gasteiger partial charge is 0.371 e. The summed E-state index contributed by atoms with van der Waals surface area (Å²) in [4.78, 5) is 11.8. The fraction of sp³-hybridized carbons (Fsp3) is 0.917. The van der Waals surface area contributed by atoms with Crippen LogP contribution in [0.25, 0.3) is 0 Å². The zero-order chi connectivity index (χ0) is 10.3. The molecule has 3 nitrogen and oxygen atoms in total. The third-order valence-electron chi connectivity index (χ3n) is 4.28. The van der Waals surface area contributed by atoms with Crippen molar-refractivity contribution in [3.05, 3.63) is 0 Å². The van der Waals surface area contributed by atoms with Crippen molar-refractivity contribution in [1.29, 1.82) is 0 Å². The van der Waals surface area contributed by atoms with Crippen LogP contribution in [0.1, 0.15) is 38.5 Å². The number of hydrogen-bond donors (Lipinski definition) is 1. The van der Waals surface area contributed by atoms with Crippen LogP contribution in [0.2, 0.25) is 0 Å². The maximum Gasteiger partial charge on any atom is 0.138 e. The van der Waals surface area contributed by atoms with E-state index in [2.05, 4.69) is 5.32 Å². The Hall–Kier alpha value is -0.410. The van der Waals surface area contributed by atoms with Gasteiger partial charge in [0.25, 0.3) is 0 Å². The van der Waals surface area contributed by atoms with Crippen molar-refractivity contribution in [2.45, 2.75) is 50.2 Å². The van der Waals surface area contributed by atoms with Crippen molar-refractivity contribution in [2.24, 2.45) is 5.92 Å². The third-order valence-corrected chi connectivity index (χ3v) is 4.28. The van der Waals surface area contributed by atoms with Crippen LogP contribution in [0, 0.1) is 5.92 Å². The number of rotatable bonds is 0. The normalized spacial score (nSPS) is 39.3. The molecule has 2 aliphatic heterocycles. The van der Waals surface area contributed by atoms with Crippen molar-refractivity contribution in [1.82, 2.24) is 5.32 Å². The van der Waals surface area contributed by atoms with Gasteiger partial charge in [0.15, 0.2) is 0 Å². The van der Waals surface area contributed by atoms with E-state index < -0.39 is 0 Å². The lowest BCUT2D eigenvalue weighted by molar-refractivity contribution is -0.128.